The molecule has 5 nitrogen and oxygen atoms in total. The highest BCUT2D eigenvalue weighted by Crippen LogP contribution is 2.38. The van der Waals surface area contributed by atoms with Crippen molar-refractivity contribution in [2.75, 3.05) is 19.7 Å². The molecule has 0 radical (unpaired) electrons. The standard InChI is InChI=1S/C27H26N4O/c1-2-32-23-9-7-22(8-10-23)27-26(21-5-3-19(15-28)4-6-21)24-12-14-31(25(24)17-30-27)18-20-11-13-29-16-20/h3-10,12,14,17,20,29H,2,11,13,16,18H2,1H3/t20-/m1/s1. The molecule has 3 heterocycles. The molecule has 1 aliphatic rings. The van der Waals surface area contributed by atoms with Gasteiger partial charge in [-0.1, -0.05) is 12.1 Å². The van der Waals surface area contributed by atoms with Gasteiger partial charge in [-0.3, -0.25) is 4.98 Å². The highest BCUT2D eigenvalue weighted by atomic mass is 16.5. The number of hydrogen-bond donors (Lipinski definition) is 1. The molecule has 0 bridgehead atoms. The average molecular weight is 423 g/mol. The highest BCUT2D eigenvalue weighted by Gasteiger charge is 2.19. The zero-order valence-corrected chi connectivity index (χ0v) is 18.2. The van der Waals surface area contributed by atoms with Gasteiger partial charge in [0, 0.05) is 29.3 Å². The Bertz CT molecular complexity index is 1260. The van der Waals surface area contributed by atoms with Gasteiger partial charge in [0.1, 0.15) is 5.75 Å². The zero-order valence-electron chi connectivity index (χ0n) is 18.2. The molecule has 0 unspecified atom stereocenters. The van der Waals surface area contributed by atoms with Crippen molar-refractivity contribution in [2.24, 2.45) is 5.92 Å². The van der Waals surface area contributed by atoms with Crippen molar-refractivity contribution >= 4 is 10.9 Å². The maximum atomic E-state index is 9.23. The lowest BCUT2D eigenvalue weighted by molar-refractivity contribution is 0.340. The summed E-state index contributed by atoms with van der Waals surface area (Å²) in [5.74, 6) is 1.50. The number of pyridine rings is 1. The minimum atomic E-state index is 0.643. The highest BCUT2D eigenvalue weighted by molar-refractivity contribution is 6.01. The molecule has 0 spiro atoms. The fourth-order valence-corrected chi connectivity index (χ4v) is 4.56. The Balaban J connectivity index is 1.64. The predicted molar refractivity (Wildman–Crippen MR) is 127 cm³/mol. The van der Waals surface area contributed by atoms with E-state index >= 15 is 0 Å². The second-order valence-corrected chi connectivity index (χ2v) is 8.25. The predicted octanol–water partition coefficient (Wildman–Crippen LogP) is 5.25. The van der Waals surface area contributed by atoms with Crippen LogP contribution in [0.2, 0.25) is 0 Å². The third kappa shape index (κ3) is 3.86. The number of nitriles is 1. The first-order valence-corrected chi connectivity index (χ1v) is 11.2. The molecular formula is C27H26N4O. The first-order valence-electron chi connectivity index (χ1n) is 11.2. The van der Waals surface area contributed by atoms with Crippen LogP contribution in [0.1, 0.15) is 18.9 Å². The van der Waals surface area contributed by atoms with Crippen LogP contribution in [-0.4, -0.2) is 29.2 Å². The molecular weight excluding hydrogens is 396 g/mol. The summed E-state index contributed by atoms with van der Waals surface area (Å²) < 4.78 is 7.94. The van der Waals surface area contributed by atoms with Crippen LogP contribution in [0.3, 0.4) is 0 Å². The van der Waals surface area contributed by atoms with E-state index in [1.165, 1.54) is 11.8 Å². The molecule has 1 saturated heterocycles. The second kappa shape index (κ2) is 8.86. The van der Waals surface area contributed by atoms with Crippen LogP contribution in [0.15, 0.2) is 67.0 Å². The number of fused-ring (bicyclic) bond motifs is 1. The molecule has 5 heteroatoms. The summed E-state index contributed by atoms with van der Waals surface area (Å²) in [5, 5.41) is 13.9. The zero-order chi connectivity index (χ0) is 21.9. The number of nitrogens with one attached hydrogen (secondary N) is 1. The molecule has 2 aromatic carbocycles. The first-order chi connectivity index (χ1) is 15.8. The van der Waals surface area contributed by atoms with Gasteiger partial charge in [0.15, 0.2) is 0 Å². The van der Waals surface area contributed by atoms with Crippen LogP contribution in [0.25, 0.3) is 33.3 Å². The molecule has 4 aromatic rings. The summed E-state index contributed by atoms with van der Waals surface area (Å²) in [5.41, 5.74) is 5.94. The van der Waals surface area contributed by atoms with Crippen molar-refractivity contribution in [1.82, 2.24) is 14.9 Å². The van der Waals surface area contributed by atoms with Gasteiger partial charge in [0.2, 0.25) is 0 Å². The summed E-state index contributed by atoms with van der Waals surface area (Å²) in [4.78, 5) is 4.94. The maximum Gasteiger partial charge on any atom is 0.119 e. The number of hydrogen-bond acceptors (Lipinski definition) is 4. The van der Waals surface area contributed by atoms with Gasteiger partial charge >= 0.3 is 0 Å². The van der Waals surface area contributed by atoms with E-state index in [0.717, 1.165) is 53.3 Å². The Morgan fingerprint density at radius 3 is 2.56 bits per heavy atom. The Hall–Kier alpha value is -3.62. The summed E-state index contributed by atoms with van der Waals surface area (Å²) in [7, 11) is 0. The lowest BCUT2D eigenvalue weighted by Crippen LogP contribution is -2.14. The molecule has 0 aliphatic carbocycles. The summed E-state index contributed by atoms with van der Waals surface area (Å²) >= 11 is 0. The molecule has 32 heavy (non-hydrogen) atoms. The van der Waals surface area contributed by atoms with Crippen LogP contribution in [0.4, 0.5) is 0 Å². The smallest absolute Gasteiger partial charge is 0.119 e. The van der Waals surface area contributed by atoms with Gasteiger partial charge < -0.3 is 14.6 Å². The first kappa shape index (κ1) is 20.3. The maximum absolute atomic E-state index is 9.23. The van der Waals surface area contributed by atoms with E-state index in [1.54, 1.807) is 0 Å². The molecule has 160 valence electrons. The molecule has 1 N–H and O–H groups in total. The molecule has 2 aromatic heterocycles. The molecule has 0 amide bonds. The van der Waals surface area contributed by atoms with E-state index in [4.69, 9.17) is 9.72 Å². The summed E-state index contributed by atoms with van der Waals surface area (Å²) in [6.45, 7) is 5.79. The van der Waals surface area contributed by atoms with Gasteiger partial charge in [-0.05, 0) is 80.4 Å². The van der Waals surface area contributed by atoms with Crippen LogP contribution in [0.5, 0.6) is 5.75 Å². The minimum Gasteiger partial charge on any atom is -0.494 e. The van der Waals surface area contributed by atoms with Crippen molar-refractivity contribution in [3.8, 4) is 34.2 Å². The van der Waals surface area contributed by atoms with Crippen LogP contribution >= 0.6 is 0 Å². The van der Waals surface area contributed by atoms with E-state index in [2.05, 4.69) is 40.3 Å². The summed E-state index contributed by atoms with van der Waals surface area (Å²) in [6, 6.07) is 20.3. The Labute approximate surface area is 188 Å². The lowest BCUT2D eigenvalue weighted by Gasteiger charge is -2.14. The van der Waals surface area contributed by atoms with Crippen LogP contribution < -0.4 is 10.1 Å². The van der Waals surface area contributed by atoms with Crippen molar-refractivity contribution < 1.29 is 4.74 Å². The molecule has 1 aliphatic heterocycles. The lowest BCUT2D eigenvalue weighted by atomic mass is 9.95. The molecule has 1 fully saturated rings. The van der Waals surface area contributed by atoms with E-state index in [9.17, 15) is 5.26 Å². The molecule has 0 saturated carbocycles. The quantitative estimate of drug-likeness (QED) is 0.461. The number of benzene rings is 2. The van der Waals surface area contributed by atoms with Gasteiger partial charge in [-0.15, -0.1) is 0 Å². The Kier molecular flexibility index (Phi) is 5.62. The molecule has 1 atom stereocenters. The van der Waals surface area contributed by atoms with Gasteiger partial charge in [0.25, 0.3) is 0 Å². The van der Waals surface area contributed by atoms with E-state index < -0.39 is 0 Å². The fourth-order valence-electron chi connectivity index (χ4n) is 4.56. The van der Waals surface area contributed by atoms with E-state index in [0.29, 0.717) is 18.1 Å². The van der Waals surface area contributed by atoms with Gasteiger partial charge in [-0.2, -0.15) is 5.26 Å². The number of aromatic nitrogens is 2. The number of nitrogens with zero attached hydrogens (tertiary/aromatic N) is 3. The normalized spacial score (nSPS) is 15.7. The van der Waals surface area contributed by atoms with Gasteiger partial charge in [0.05, 0.1) is 35.6 Å². The topological polar surface area (TPSA) is 62.9 Å². The van der Waals surface area contributed by atoms with Gasteiger partial charge in [-0.25, -0.2) is 0 Å². The third-order valence-electron chi connectivity index (χ3n) is 6.19. The number of rotatable bonds is 6. The summed E-state index contributed by atoms with van der Waals surface area (Å²) in [6.07, 6.45) is 5.39. The van der Waals surface area contributed by atoms with Crippen molar-refractivity contribution in [3.05, 3.63) is 72.6 Å². The third-order valence-corrected chi connectivity index (χ3v) is 6.19. The van der Waals surface area contributed by atoms with E-state index in [1.807, 2.05) is 49.5 Å². The Morgan fingerprint density at radius 2 is 1.88 bits per heavy atom. The van der Waals surface area contributed by atoms with Crippen LogP contribution in [-0.2, 0) is 6.54 Å². The van der Waals surface area contributed by atoms with Crippen LogP contribution in [0, 0.1) is 17.2 Å². The largest absolute Gasteiger partial charge is 0.494 e. The minimum absolute atomic E-state index is 0.643. The van der Waals surface area contributed by atoms with E-state index in [-0.39, 0.29) is 0 Å². The molecule has 5 rings (SSSR count). The number of ether oxygens (including phenoxy) is 1. The monoisotopic (exact) mass is 422 g/mol. The fraction of sp³-hybridized carbons (Fsp3) is 0.259. The van der Waals surface area contributed by atoms with Crippen molar-refractivity contribution in [1.29, 1.82) is 5.26 Å². The van der Waals surface area contributed by atoms with Crippen molar-refractivity contribution in [2.45, 2.75) is 19.9 Å². The van der Waals surface area contributed by atoms with Crippen molar-refractivity contribution in [3.63, 3.8) is 0 Å². The SMILES string of the molecule is CCOc1ccc(-c2ncc3c(ccn3C[C@@H]3CCNC3)c2-c2ccc(C#N)cc2)cc1. The average Bonchev–Trinajstić information content (AvgIpc) is 3.50. The Morgan fingerprint density at radius 1 is 1.09 bits per heavy atom. The second-order valence-electron chi connectivity index (χ2n) is 8.25.